The first-order valence-electron chi connectivity index (χ1n) is 25.8. The second-order valence-electron chi connectivity index (χ2n) is 24.8. The van der Waals surface area contributed by atoms with Crippen molar-refractivity contribution in [3.8, 4) is 11.8 Å². The van der Waals surface area contributed by atoms with Crippen LogP contribution >= 0.6 is 0 Å². The van der Waals surface area contributed by atoms with Gasteiger partial charge in [0, 0.05) is 45.1 Å². The van der Waals surface area contributed by atoms with Crippen LogP contribution < -0.4 is 0 Å². The molecule has 5 saturated heterocycles. The van der Waals surface area contributed by atoms with Crippen molar-refractivity contribution in [3.63, 3.8) is 0 Å². The minimum Gasteiger partial charge on any atom is -0.411 e. The Bertz CT molecular complexity index is 2010. The first-order chi connectivity index (χ1) is 31.7. The minimum absolute atomic E-state index is 0.0172. The molecule has 380 valence electrons. The molecule has 10 nitrogen and oxygen atoms in total. The van der Waals surface area contributed by atoms with Crippen molar-refractivity contribution in [2.75, 3.05) is 13.2 Å². The van der Waals surface area contributed by atoms with Gasteiger partial charge in [0.25, 0.3) is 0 Å². The van der Waals surface area contributed by atoms with E-state index in [9.17, 15) is 0 Å². The summed E-state index contributed by atoms with van der Waals surface area (Å²) >= 11 is 0. The van der Waals surface area contributed by atoms with Crippen molar-refractivity contribution in [2.24, 2.45) is 0 Å². The summed E-state index contributed by atoms with van der Waals surface area (Å²) in [5.74, 6) is 6.58. The Morgan fingerprint density at radius 1 is 0.647 bits per heavy atom. The summed E-state index contributed by atoms with van der Waals surface area (Å²) in [5, 5.41) is 0.0422. The smallest absolute Gasteiger partial charge is 0.192 e. The quantitative estimate of drug-likeness (QED) is 0.104. The molecule has 12 atom stereocenters. The third kappa shape index (κ3) is 12.8. The molecule has 5 aliphatic rings. The van der Waals surface area contributed by atoms with E-state index in [1.807, 2.05) is 26.0 Å². The maximum Gasteiger partial charge on any atom is 0.192 e. The predicted octanol–water partition coefficient (Wildman–Crippen LogP) is 12.1. The summed E-state index contributed by atoms with van der Waals surface area (Å²) in [7, 11) is -4.43. The standard InChI is InChI=1S/C56H88O10Si2/c1-51(2,3)67(12,13)64-46-34-45-43(30-31-55(10)49(61-45)36-50-56(11,66-55)39-59-53(7,8)63-50)60-42(46)28-22-23-29-44-47(65-68(14,15)52(4,5)6)35-48(58-38-41-26-20-17-21-27-41)54(9,62-44)32-33-57-37-40-24-18-16-19-25-40/h16-21,24-27,42-50H,28-39H2,1-15H3/t42-,43+,44+,45-,46+,47-,48+,49+,50-,54-,55-,56+/m1/s1. The molecular formula is C56H88O10Si2. The summed E-state index contributed by atoms with van der Waals surface area (Å²) in [5.41, 5.74) is 0.611. The number of fused-ring (bicyclic) bond motifs is 3. The third-order valence-electron chi connectivity index (χ3n) is 16.6. The van der Waals surface area contributed by atoms with Crippen LogP contribution in [-0.4, -0.2) is 107 Å². The molecule has 0 spiro atoms. The predicted molar refractivity (Wildman–Crippen MR) is 273 cm³/mol. The number of benzene rings is 2. The molecule has 5 fully saturated rings. The zero-order valence-corrected chi connectivity index (χ0v) is 46.5. The van der Waals surface area contributed by atoms with Crippen LogP contribution in [0.5, 0.6) is 0 Å². The second kappa shape index (κ2) is 20.9. The zero-order chi connectivity index (χ0) is 49.4. The zero-order valence-electron chi connectivity index (χ0n) is 44.5. The molecule has 5 aliphatic heterocycles. The van der Waals surface area contributed by atoms with Gasteiger partial charge in [-0.3, -0.25) is 0 Å². The summed E-state index contributed by atoms with van der Waals surface area (Å²) in [4.78, 5) is 0. The van der Waals surface area contributed by atoms with Crippen molar-refractivity contribution in [1.29, 1.82) is 0 Å². The van der Waals surface area contributed by atoms with Crippen molar-refractivity contribution < 1.29 is 46.7 Å². The molecule has 2 aromatic rings. The number of hydrogen-bond donors (Lipinski definition) is 0. The number of ether oxygens (including phenoxy) is 8. The van der Waals surface area contributed by atoms with E-state index in [0.717, 1.165) is 36.8 Å². The van der Waals surface area contributed by atoms with Crippen LogP contribution in [0, 0.1) is 11.8 Å². The maximum absolute atomic E-state index is 7.30. The van der Waals surface area contributed by atoms with Crippen LogP contribution in [0.25, 0.3) is 0 Å². The maximum atomic E-state index is 7.30. The van der Waals surface area contributed by atoms with Gasteiger partial charge in [-0.15, -0.1) is 11.8 Å². The fourth-order valence-corrected chi connectivity index (χ4v) is 12.9. The van der Waals surface area contributed by atoms with Gasteiger partial charge in [-0.1, -0.05) is 102 Å². The van der Waals surface area contributed by atoms with Gasteiger partial charge >= 0.3 is 0 Å². The van der Waals surface area contributed by atoms with Gasteiger partial charge < -0.3 is 46.7 Å². The molecule has 0 N–H and O–H groups in total. The van der Waals surface area contributed by atoms with E-state index in [0.29, 0.717) is 52.1 Å². The molecule has 5 heterocycles. The van der Waals surface area contributed by atoms with E-state index in [1.165, 1.54) is 0 Å². The summed E-state index contributed by atoms with van der Waals surface area (Å²) < 4.78 is 69.0. The highest BCUT2D eigenvalue weighted by atomic mass is 28.4. The largest absolute Gasteiger partial charge is 0.411 e. The fraction of sp³-hybridized carbons (Fsp3) is 0.750. The summed E-state index contributed by atoms with van der Waals surface area (Å²) in [6.07, 6.45) is 4.07. The van der Waals surface area contributed by atoms with E-state index in [4.69, 9.17) is 46.7 Å². The molecule has 0 bridgehead atoms. The number of rotatable bonds is 14. The van der Waals surface area contributed by atoms with E-state index in [2.05, 4.69) is 149 Å². The molecule has 2 aromatic carbocycles. The van der Waals surface area contributed by atoms with Gasteiger partial charge in [-0.05, 0) is 94.9 Å². The molecule has 12 heteroatoms. The molecule has 0 unspecified atom stereocenters. The highest BCUT2D eigenvalue weighted by Gasteiger charge is 2.59. The normalized spacial score (nSPS) is 35.5. The Labute approximate surface area is 413 Å². The lowest BCUT2D eigenvalue weighted by atomic mass is 9.79. The topological polar surface area (TPSA) is 92.3 Å². The Morgan fingerprint density at radius 2 is 1.22 bits per heavy atom. The molecule has 0 aliphatic carbocycles. The van der Waals surface area contributed by atoms with Crippen LogP contribution in [0.2, 0.25) is 36.3 Å². The molecule has 68 heavy (non-hydrogen) atoms. The molecule has 0 radical (unpaired) electrons. The van der Waals surface area contributed by atoms with Gasteiger partial charge in [0.1, 0.15) is 5.60 Å². The van der Waals surface area contributed by atoms with Gasteiger partial charge in [0.05, 0.1) is 86.0 Å². The van der Waals surface area contributed by atoms with Gasteiger partial charge in [-0.2, -0.15) is 0 Å². The summed E-state index contributed by atoms with van der Waals surface area (Å²) in [6.45, 7) is 35.6. The van der Waals surface area contributed by atoms with Gasteiger partial charge in [0.2, 0.25) is 0 Å². The Hall–Kier alpha value is -1.97. The SMILES string of the molecule is CC1(C)OC[C@]2(C)O[C@]3(C)CC[C@@H]4O[C@H](CC#CC[C@@H]5O[C@](C)(CCOCc6ccccc6)[C@@H](OCc6ccccc6)C[C@H]5O[Si](C)(C)C(C)(C)C)[C@@H](O[Si](C)(C)C(C)(C)C)C[C@H]4O[C@H]3C[C@H]2O1. The lowest BCUT2D eigenvalue weighted by Gasteiger charge is -2.56. The van der Waals surface area contributed by atoms with Crippen molar-refractivity contribution in [2.45, 2.75) is 255 Å². The first-order valence-corrected chi connectivity index (χ1v) is 31.6. The average Bonchev–Trinajstić information content (AvgIpc) is 3.38. The van der Waals surface area contributed by atoms with Crippen LogP contribution in [0.3, 0.4) is 0 Å². The lowest BCUT2D eigenvalue weighted by molar-refractivity contribution is -0.385. The lowest BCUT2D eigenvalue weighted by Crippen LogP contribution is -2.67. The van der Waals surface area contributed by atoms with Crippen LogP contribution in [0.15, 0.2) is 60.7 Å². The Morgan fingerprint density at radius 3 is 1.82 bits per heavy atom. The van der Waals surface area contributed by atoms with Crippen molar-refractivity contribution >= 4 is 16.6 Å². The van der Waals surface area contributed by atoms with Crippen LogP contribution in [0.4, 0.5) is 0 Å². The van der Waals surface area contributed by atoms with Crippen LogP contribution in [0.1, 0.15) is 139 Å². The summed E-state index contributed by atoms with van der Waals surface area (Å²) in [6, 6.07) is 20.7. The minimum atomic E-state index is -2.22. The third-order valence-corrected chi connectivity index (χ3v) is 25.7. The molecule has 0 saturated carbocycles. The Kier molecular flexibility index (Phi) is 16.5. The monoisotopic (exact) mass is 977 g/mol. The fourth-order valence-electron chi connectivity index (χ4n) is 10.2. The highest BCUT2D eigenvalue weighted by molar-refractivity contribution is 6.74. The van der Waals surface area contributed by atoms with E-state index in [1.54, 1.807) is 0 Å². The van der Waals surface area contributed by atoms with E-state index in [-0.39, 0.29) is 65.0 Å². The molecular weight excluding hydrogens is 889 g/mol. The van der Waals surface area contributed by atoms with Crippen molar-refractivity contribution in [3.05, 3.63) is 71.8 Å². The molecule has 7 rings (SSSR count). The van der Waals surface area contributed by atoms with E-state index >= 15 is 0 Å². The first kappa shape index (κ1) is 53.8. The van der Waals surface area contributed by atoms with Crippen molar-refractivity contribution in [1.82, 2.24) is 0 Å². The highest BCUT2D eigenvalue weighted by Crippen LogP contribution is 2.50. The molecule has 0 aromatic heterocycles. The van der Waals surface area contributed by atoms with Gasteiger partial charge in [0.15, 0.2) is 22.4 Å². The van der Waals surface area contributed by atoms with Gasteiger partial charge in [-0.25, -0.2) is 0 Å². The Balaban J connectivity index is 1.10. The number of hydrogen-bond acceptors (Lipinski definition) is 10. The average molecular weight is 977 g/mol. The van der Waals surface area contributed by atoms with E-state index < -0.39 is 39.2 Å². The van der Waals surface area contributed by atoms with Crippen LogP contribution in [-0.2, 0) is 60.0 Å². The second-order valence-corrected chi connectivity index (χ2v) is 34.3. The molecule has 0 amide bonds.